The highest BCUT2D eigenvalue weighted by atomic mass is 19.4. The molecule has 0 saturated heterocycles. The summed E-state index contributed by atoms with van der Waals surface area (Å²) >= 11 is 0. The molecule has 0 spiro atoms. The van der Waals surface area contributed by atoms with Gasteiger partial charge in [0.15, 0.2) is 0 Å². The summed E-state index contributed by atoms with van der Waals surface area (Å²) in [4.78, 5) is 0. The highest BCUT2D eigenvalue weighted by Crippen LogP contribution is 2.31. The van der Waals surface area contributed by atoms with Crippen molar-refractivity contribution >= 4 is 21.8 Å². The average Bonchev–Trinajstić information content (AvgIpc) is 3.48. The molecule has 36 heavy (non-hydrogen) atoms. The first-order valence-electron chi connectivity index (χ1n) is 11.8. The molecule has 5 heteroatoms. The molecule has 0 saturated carbocycles. The molecule has 0 bridgehead atoms. The van der Waals surface area contributed by atoms with Gasteiger partial charge in [-0.1, -0.05) is 66.7 Å². The van der Waals surface area contributed by atoms with E-state index in [9.17, 15) is 13.2 Å². The summed E-state index contributed by atoms with van der Waals surface area (Å²) in [5, 5.41) is 2.29. The summed E-state index contributed by atoms with van der Waals surface area (Å²) in [6.45, 7) is 1.31. The number of aromatic nitrogens is 2. The van der Waals surface area contributed by atoms with Crippen molar-refractivity contribution in [1.82, 2.24) is 9.13 Å². The molecule has 178 valence electrons. The van der Waals surface area contributed by atoms with E-state index in [2.05, 4.69) is 82.1 Å². The van der Waals surface area contributed by atoms with Gasteiger partial charge in [-0.25, -0.2) is 0 Å². The predicted octanol–water partition coefficient (Wildman–Crippen LogP) is 8.38. The van der Waals surface area contributed by atoms with Crippen LogP contribution in [0.3, 0.4) is 0 Å². The van der Waals surface area contributed by atoms with Crippen molar-refractivity contribution in [2.24, 2.45) is 0 Å². The molecule has 4 aromatic carbocycles. The number of nitrogens with zero attached hydrogens (tertiary/aromatic N) is 2. The van der Waals surface area contributed by atoms with Crippen LogP contribution in [-0.2, 0) is 19.3 Å². The second-order valence-electron chi connectivity index (χ2n) is 9.11. The van der Waals surface area contributed by atoms with Gasteiger partial charge in [0.1, 0.15) is 0 Å². The first-order chi connectivity index (χ1) is 17.4. The molecule has 2 aromatic heterocycles. The minimum absolute atomic E-state index is 0.504. The molecule has 0 amide bonds. The maximum atomic E-state index is 12.9. The third-order valence-corrected chi connectivity index (χ3v) is 6.71. The zero-order chi connectivity index (χ0) is 24.7. The number of hydrogen-bond acceptors (Lipinski definition) is 0. The van der Waals surface area contributed by atoms with E-state index >= 15 is 0 Å². The highest BCUT2D eigenvalue weighted by molar-refractivity contribution is 5.89. The SMILES string of the molecule is FC(F)(F)c1ccc(Cn2ccc3ccc(-c4ccc5ccn(Cc6ccccc6)c5c4)cc32)cc1. The van der Waals surface area contributed by atoms with Crippen molar-refractivity contribution < 1.29 is 13.2 Å². The zero-order valence-electron chi connectivity index (χ0n) is 19.4. The van der Waals surface area contributed by atoms with Crippen LogP contribution in [-0.4, -0.2) is 9.13 Å². The Morgan fingerprint density at radius 1 is 0.528 bits per heavy atom. The van der Waals surface area contributed by atoms with Crippen molar-refractivity contribution in [2.45, 2.75) is 19.3 Å². The fourth-order valence-corrected chi connectivity index (χ4v) is 4.78. The van der Waals surface area contributed by atoms with E-state index in [1.807, 2.05) is 18.3 Å². The van der Waals surface area contributed by atoms with E-state index in [4.69, 9.17) is 0 Å². The molecule has 0 unspecified atom stereocenters. The molecular weight excluding hydrogens is 457 g/mol. The Hall–Kier alpha value is -4.25. The first-order valence-corrected chi connectivity index (χ1v) is 11.8. The lowest BCUT2D eigenvalue weighted by atomic mass is 10.0. The number of benzene rings is 4. The van der Waals surface area contributed by atoms with Crippen LogP contribution in [0.5, 0.6) is 0 Å². The van der Waals surface area contributed by atoms with Crippen molar-refractivity contribution in [3.63, 3.8) is 0 Å². The molecule has 6 rings (SSSR count). The van der Waals surface area contributed by atoms with Crippen LogP contribution in [0, 0.1) is 0 Å². The minimum Gasteiger partial charge on any atom is -0.343 e. The number of halogens is 3. The summed E-state index contributed by atoms with van der Waals surface area (Å²) in [6, 6.07) is 32.9. The van der Waals surface area contributed by atoms with E-state index in [0.717, 1.165) is 46.3 Å². The summed E-state index contributed by atoms with van der Waals surface area (Å²) < 4.78 is 43.1. The van der Waals surface area contributed by atoms with Crippen molar-refractivity contribution in [1.29, 1.82) is 0 Å². The molecule has 0 aliphatic heterocycles. The van der Waals surface area contributed by atoms with Crippen LogP contribution in [0.25, 0.3) is 32.9 Å². The molecule has 6 aromatic rings. The van der Waals surface area contributed by atoms with E-state index in [-0.39, 0.29) is 0 Å². The Balaban J connectivity index is 1.32. The molecule has 0 atom stereocenters. The molecule has 0 aliphatic rings. The Morgan fingerprint density at radius 3 is 1.53 bits per heavy atom. The molecule has 2 nitrogen and oxygen atoms in total. The molecule has 2 heterocycles. The second-order valence-corrected chi connectivity index (χ2v) is 9.11. The standard InChI is InChI=1S/C31H23F3N2/c32-31(33,34)28-12-6-23(7-13-28)21-36-17-15-25-9-11-27(19-30(25)36)26-10-8-24-14-16-35(29(24)18-26)20-22-4-2-1-3-5-22/h1-19H,20-21H2. The molecule has 0 N–H and O–H groups in total. The third kappa shape index (κ3) is 4.29. The van der Waals surface area contributed by atoms with Gasteiger partial charge < -0.3 is 9.13 Å². The summed E-state index contributed by atoms with van der Waals surface area (Å²) in [5.41, 5.74) is 5.90. The van der Waals surface area contributed by atoms with Crippen LogP contribution in [0.15, 0.2) is 116 Å². The van der Waals surface area contributed by atoms with Gasteiger partial charge in [0.05, 0.1) is 5.56 Å². The monoisotopic (exact) mass is 480 g/mol. The van der Waals surface area contributed by atoms with E-state index in [1.54, 1.807) is 12.1 Å². The van der Waals surface area contributed by atoms with Gasteiger partial charge in [-0.2, -0.15) is 13.2 Å². The summed E-state index contributed by atoms with van der Waals surface area (Å²) in [7, 11) is 0. The number of hydrogen-bond donors (Lipinski definition) is 0. The van der Waals surface area contributed by atoms with Crippen LogP contribution in [0.4, 0.5) is 13.2 Å². The fraction of sp³-hybridized carbons (Fsp3) is 0.0968. The van der Waals surface area contributed by atoms with Crippen LogP contribution in [0.2, 0.25) is 0 Å². The van der Waals surface area contributed by atoms with E-state index in [0.29, 0.717) is 6.54 Å². The smallest absolute Gasteiger partial charge is 0.343 e. The topological polar surface area (TPSA) is 9.86 Å². The van der Waals surface area contributed by atoms with E-state index in [1.165, 1.54) is 16.5 Å². The molecule has 0 radical (unpaired) electrons. The number of fused-ring (bicyclic) bond motifs is 2. The maximum absolute atomic E-state index is 12.9. The lowest BCUT2D eigenvalue weighted by molar-refractivity contribution is -0.137. The molecule has 0 fully saturated rings. The average molecular weight is 481 g/mol. The fourth-order valence-electron chi connectivity index (χ4n) is 4.78. The Bertz CT molecular complexity index is 1660. The number of rotatable bonds is 5. The normalized spacial score (nSPS) is 12.0. The third-order valence-electron chi connectivity index (χ3n) is 6.71. The lowest BCUT2D eigenvalue weighted by Gasteiger charge is -2.11. The minimum atomic E-state index is -4.32. The van der Waals surface area contributed by atoms with Gasteiger partial charge >= 0.3 is 6.18 Å². The Labute approximate surface area is 206 Å². The van der Waals surface area contributed by atoms with Crippen molar-refractivity contribution in [3.8, 4) is 11.1 Å². The second kappa shape index (κ2) is 8.76. The van der Waals surface area contributed by atoms with Gasteiger partial charge in [-0.05, 0) is 69.4 Å². The highest BCUT2D eigenvalue weighted by Gasteiger charge is 2.29. The zero-order valence-corrected chi connectivity index (χ0v) is 19.4. The van der Waals surface area contributed by atoms with Crippen molar-refractivity contribution in [2.75, 3.05) is 0 Å². The summed E-state index contributed by atoms with van der Waals surface area (Å²) in [5.74, 6) is 0. The van der Waals surface area contributed by atoms with Gasteiger partial charge in [0.2, 0.25) is 0 Å². The van der Waals surface area contributed by atoms with Crippen LogP contribution in [0.1, 0.15) is 16.7 Å². The Kier molecular flexibility index (Phi) is 5.41. The largest absolute Gasteiger partial charge is 0.416 e. The maximum Gasteiger partial charge on any atom is 0.416 e. The van der Waals surface area contributed by atoms with Crippen LogP contribution < -0.4 is 0 Å². The quantitative estimate of drug-likeness (QED) is 0.235. The van der Waals surface area contributed by atoms with Gasteiger partial charge in [0.25, 0.3) is 0 Å². The molecular formula is C31H23F3N2. The first kappa shape index (κ1) is 22.2. The lowest BCUT2D eigenvalue weighted by Crippen LogP contribution is -2.05. The van der Waals surface area contributed by atoms with Gasteiger partial charge in [0, 0.05) is 36.5 Å². The Morgan fingerprint density at radius 2 is 1.03 bits per heavy atom. The molecule has 0 aliphatic carbocycles. The van der Waals surface area contributed by atoms with E-state index < -0.39 is 11.7 Å². The van der Waals surface area contributed by atoms with Crippen LogP contribution >= 0.6 is 0 Å². The van der Waals surface area contributed by atoms with Crippen molar-refractivity contribution in [3.05, 3.63) is 132 Å². The van der Waals surface area contributed by atoms with Gasteiger partial charge in [-0.3, -0.25) is 0 Å². The number of alkyl halides is 3. The predicted molar refractivity (Wildman–Crippen MR) is 139 cm³/mol. The van der Waals surface area contributed by atoms with Gasteiger partial charge in [-0.15, -0.1) is 0 Å². The summed E-state index contributed by atoms with van der Waals surface area (Å²) in [6.07, 6.45) is -0.212.